The van der Waals surface area contributed by atoms with Crippen LogP contribution in [0.3, 0.4) is 0 Å². The number of piperidine rings is 1. The van der Waals surface area contributed by atoms with Gasteiger partial charge in [-0.2, -0.15) is 0 Å². The van der Waals surface area contributed by atoms with Crippen molar-refractivity contribution >= 4 is 17.3 Å². The number of nitrogens with zero attached hydrogens (tertiary/aromatic N) is 4. The number of aryl methyl sites for hydroxylation is 1. The van der Waals surface area contributed by atoms with Crippen molar-refractivity contribution in [2.45, 2.75) is 37.6 Å². The van der Waals surface area contributed by atoms with Crippen LogP contribution in [-0.4, -0.2) is 61.7 Å². The van der Waals surface area contributed by atoms with Crippen LogP contribution in [0.1, 0.15) is 35.4 Å². The molecule has 1 aromatic heterocycles. The van der Waals surface area contributed by atoms with Gasteiger partial charge in [0.15, 0.2) is 0 Å². The third-order valence-corrected chi connectivity index (χ3v) is 7.42. The Balaban J connectivity index is 1.15. The molecule has 6 rings (SSSR count). The lowest BCUT2D eigenvalue weighted by Gasteiger charge is -2.41. The van der Waals surface area contributed by atoms with Gasteiger partial charge in [0.2, 0.25) is 5.91 Å². The Morgan fingerprint density at radius 3 is 3.13 bits per heavy atom. The van der Waals surface area contributed by atoms with Crippen LogP contribution in [0.5, 0.6) is 5.75 Å². The van der Waals surface area contributed by atoms with Crippen LogP contribution in [0.2, 0.25) is 0 Å². The molecule has 4 aliphatic heterocycles. The van der Waals surface area contributed by atoms with Gasteiger partial charge in [0, 0.05) is 62.0 Å². The number of aromatic nitrogens is 1. The van der Waals surface area contributed by atoms with Crippen LogP contribution in [0.25, 0.3) is 0 Å². The number of hydrogen-bond acceptors (Lipinski definition) is 5. The summed E-state index contributed by atoms with van der Waals surface area (Å²) in [5.41, 5.74) is 6.33. The van der Waals surface area contributed by atoms with E-state index in [1.54, 1.807) is 0 Å². The van der Waals surface area contributed by atoms with Crippen LogP contribution < -0.4 is 14.5 Å². The van der Waals surface area contributed by atoms with Crippen molar-refractivity contribution in [3.63, 3.8) is 0 Å². The smallest absolute Gasteiger partial charge is 0.246 e. The minimum Gasteiger partial charge on any atom is -0.493 e. The summed E-state index contributed by atoms with van der Waals surface area (Å²) in [6.45, 7) is 4.59. The molecule has 5 heterocycles. The zero-order valence-electron chi connectivity index (χ0n) is 17.5. The highest BCUT2D eigenvalue weighted by molar-refractivity contribution is 6.04. The van der Waals surface area contributed by atoms with Gasteiger partial charge in [0.05, 0.1) is 24.5 Å². The molecule has 1 fully saturated rings. The van der Waals surface area contributed by atoms with E-state index in [-0.39, 0.29) is 5.91 Å². The molecule has 6 nitrogen and oxygen atoms in total. The Labute approximate surface area is 177 Å². The third kappa shape index (κ3) is 2.73. The summed E-state index contributed by atoms with van der Waals surface area (Å²) in [6.07, 6.45) is 8.18. The van der Waals surface area contributed by atoms with Crippen molar-refractivity contribution in [1.29, 1.82) is 0 Å². The fourth-order valence-corrected chi connectivity index (χ4v) is 5.91. The van der Waals surface area contributed by atoms with Gasteiger partial charge in [-0.15, -0.1) is 0 Å². The number of amides is 1. The minimum atomic E-state index is 0.203. The van der Waals surface area contributed by atoms with Crippen LogP contribution >= 0.6 is 0 Å². The number of carbonyl (C=O) groups excluding carboxylic acids is 1. The van der Waals surface area contributed by atoms with E-state index in [1.807, 2.05) is 24.3 Å². The van der Waals surface area contributed by atoms with Gasteiger partial charge < -0.3 is 19.4 Å². The Morgan fingerprint density at radius 2 is 2.20 bits per heavy atom. The highest BCUT2D eigenvalue weighted by atomic mass is 16.5. The minimum absolute atomic E-state index is 0.203. The number of likely N-dealkylation sites (N-methyl/N-ethyl adjacent to an activating group) is 1. The second-order valence-corrected chi connectivity index (χ2v) is 9.05. The van der Waals surface area contributed by atoms with Gasteiger partial charge >= 0.3 is 0 Å². The Morgan fingerprint density at radius 1 is 1.27 bits per heavy atom. The number of carbonyl (C=O) groups is 1. The first-order valence-electron chi connectivity index (χ1n) is 11.2. The summed E-state index contributed by atoms with van der Waals surface area (Å²) in [7, 11) is 1.91. The molecule has 1 saturated heterocycles. The fourth-order valence-electron chi connectivity index (χ4n) is 5.91. The third-order valence-electron chi connectivity index (χ3n) is 7.42. The molecule has 0 unspecified atom stereocenters. The molecule has 0 radical (unpaired) electrons. The average Bonchev–Trinajstić information content (AvgIpc) is 3.36. The molecular formula is C24H28N4O2. The topological polar surface area (TPSA) is 48.9 Å². The van der Waals surface area contributed by atoms with Crippen molar-refractivity contribution in [3.05, 3.63) is 47.3 Å². The number of benzene rings is 1. The van der Waals surface area contributed by atoms with E-state index in [1.165, 1.54) is 22.4 Å². The molecule has 6 heteroatoms. The first-order chi connectivity index (χ1) is 14.7. The number of rotatable bonds is 4. The Kier molecular flexibility index (Phi) is 4.23. The average molecular weight is 405 g/mol. The first kappa shape index (κ1) is 18.2. The van der Waals surface area contributed by atoms with Gasteiger partial charge in [-0.1, -0.05) is 12.1 Å². The summed E-state index contributed by atoms with van der Waals surface area (Å²) in [4.78, 5) is 23.7. The van der Waals surface area contributed by atoms with Crippen molar-refractivity contribution in [2.75, 3.05) is 49.6 Å². The zero-order chi connectivity index (χ0) is 20.2. The summed E-state index contributed by atoms with van der Waals surface area (Å²) < 4.78 is 5.84. The molecule has 2 atom stereocenters. The number of fused-ring (bicyclic) bond motifs is 4. The number of para-hydroxylation sites is 1. The lowest BCUT2D eigenvalue weighted by atomic mass is 9.89. The fraction of sp³-hybridized carbons (Fsp3) is 0.500. The summed E-state index contributed by atoms with van der Waals surface area (Å²) >= 11 is 0. The normalized spacial score (nSPS) is 24.5. The molecule has 1 aromatic carbocycles. The number of likely N-dealkylation sites (tertiary alicyclic amines) is 1. The van der Waals surface area contributed by atoms with E-state index in [9.17, 15) is 4.79 Å². The van der Waals surface area contributed by atoms with Crippen molar-refractivity contribution in [3.8, 4) is 5.75 Å². The van der Waals surface area contributed by atoms with Gasteiger partial charge in [-0.25, -0.2) is 0 Å². The van der Waals surface area contributed by atoms with Crippen LogP contribution in [0, 0.1) is 0 Å². The summed E-state index contributed by atoms with van der Waals surface area (Å²) in [5.74, 6) is 1.79. The predicted octanol–water partition coefficient (Wildman–Crippen LogP) is 2.60. The molecule has 156 valence electrons. The second-order valence-electron chi connectivity index (χ2n) is 9.05. The highest BCUT2D eigenvalue weighted by Gasteiger charge is 2.46. The summed E-state index contributed by atoms with van der Waals surface area (Å²) in [6, 6.07) is 6.95. The standard InChI is InChI=1S/C24H28N4O2/c1-26-21-6-2-5-18-19-14-27(10-7-20(19)28(23(18)21)15-22(26)29)9-3-4-16-12-25-13-17-8-11-30-24(16)17/h2,5-6,12-13,19-20H,3-4,7-11,14-15H2,1H3/t19-,20-/m0/s1. The van der Waals surface area contributed by atoms with Gasteiger partial charge in [-0.3, -0.25) is 9.78 Å². The lowest BCUT2D eigenvalue weighted by molar-refractivity contribution is -0.117. The molecule has 0 bridgehead atoms. The molecule has 1 amide bonds. The predicted molar refractivity (Wildman–Crippen MR) is 117 cm³/mol. The van der Waals surface area contributed by atoms with Gasteiger partial charge in [0.1, 0.15) is 5.75 Å². The largest absolute Gasteiger partial charge is 0.493 e. The van der Waals surface area contributed by atoms with E-state index in [2.05, 4.69) is 33.0 Å². The molecule has 2 aromatic rings. The summed E-state index contributed by atoms with van der Waals surface area (Å²) in [5, 5.41) is 0. The Bertz CT molecular complexity index is 1010. The maximum atomic E-state index is 12.5. The van der Waals surface area contributed by atoms with E-state index in [4.69, 9.17) is 4.74 Å². The molecule has 0 saturated carbocycles. The number of hydrogen-bond donors (Lipinski definition) is 0. The highest BCUT2D eigenvalue weighted by Crippen LogP contribution is 2.50. The maximum absolute atomic E-state index is 12.5. The molecule has 4 aliphatic rings. The first-order valence-corrected chi connectivity index (χ1v) is 11.2. The maximum Gasteiger partial charge on any atom is 0.246 e. The van der Waals surface area contributed by atoms with Crippen molar-refractivity contribution in [2.24, 2.45) is 0 Å². The van der Waals surface area contributed by atoms with E-state index in [0.717, 1.165) is 63.4 Å². The zero-order valence-corrected chi connectivity index (χ0v) is 17.5. The van der Waals surface area contributed by atoms with E-state index < -0.39 is 0 Å². The van der Waals surface area contributed by atoms with Crippen LogP contribution in [0.15, 0.2) is 30.6 Å². The quantitative estimate of drug-likeness (QED) is 0.784. The van der Waals surface area contributed by atoms with Crippen molar-refractivity contribution < 1.29 is 9.53 Å². The van der Waals surface area contributed by atoms with Crippen LogP contribution in [0.4, 0.5) is 11.4 Å². The van der Waals surface area contributed by atoms with E-state index in [0.29, 0.717) is 18.5 Å². The molecule has 0 aliphatic carbocycles. The monoisotopic (exact) mass is 404 g/mol. The SMILES string of the molecule is CN1C(=O)CN2c3c(cccc31)[C@@H]1CN(CCCc3cncc4c3OCC4)CC[C@@H]12. The van der Waals surface area contributed by atoms with E-state index >= 15 is 0 Å². The Hall–Kier alpha value is -2.60. The van der Waals surface area contributed by atoms with Crippen molar-refractivity contribution in [1.82, 2.24) is 9.88 Å². The molecular weight excluding hydrogens is 376 g/mol. The molecule has 30 heavy (non-hydrogen) atoms. The van der Waals surface area contributed by atoms with Gasteiger partial charge in [-0.05, 0) is 37.4 Å². The van der Waals surface area contributed by atoms with Crippen LogP contribution in [-0.2, 0) is 17.6 Å². The number of ether oxygens (including phenoxy) is 1. The van der Waals surface area contributed by atoms with Gasteiger partial charge in [0.25, 0.3) is 0 Å². The molecule has 0 N–H and O–H groups in total. The number of anilines is 2. The lowest BCUT2D eigenvalue weighted by Crippen LogP contribution is -2.51. The molecule has 0 spiro atoms. The number of pyridine rings is 1. The second kappa shape index (κ2) is 6.98.